The van der Waals surface area contributed by atoms with Crippen molar-refractivity contribution in [3.05, 3.63) is 35.9 Å². The van der Waals surface area contributed by atoms with Crippen molar-refractivity contribution in [3.63, 3.8) is 0 Å². The van der Waals surface area contributed by atoms with E-state index >= 15 is 0 Å². The average molecular weight is 272 g/mol. The number of nitrogens with one attached hydrogen (secondary N) is 1. The largest absolute Gasteiger partial charge is 0.310 e. The SMILES string of the molecule is CN(Cc1ccccc1)CC1CCC2CCCCC2N1. The Morgan fingerprint density at radius 1 is 1.05 bits per heavy atom. The van der Waals surface area contributed by atoms with Crippen molar-refractivity contribution in [2.45, 2.75) is 57.2 Å². The normalized spacial score (nSPS) is 30.2. The zero-order valence-corrected chi connectivity index (χ0v) is 12.7. The highest BCUT2D eigenvalue weighted by Crippen LogP contribution is 2.32. The van der Waals surface area contributed by atoms with Gasteiger partial charge in [-0.05, 0) is 44.2 Å². The number of piperidine rings is 1. The molecule has 0 amide bonds. The van der Waals surface area contributed by atoms with E-state index in [1.54, 1.807) is 0 Å². The van der Waals surface area contributed by atoms with Crippen LogP contribution in [0.4, 0.5) is 0 Å². The molecule has 0 bridgehead atoms. The highest BCUT2D eigenvalue weighted by atomic mass is 15.1. The molecule has 1 aliphatic heterocycles. The molecule has 1 aromatic rings. The number of hydrogen-bond donors (Lipinski definition) is 1. The Labute approximate surface area is 123 Å². The van der Waals surface area contributed by atoms with Crippen LogP contribution in [0.15, 0.2) is 30.3 Å². The Kier molecular flexibility index (Phi) is 4.74. The number of fused-ring (bicyclic) bond motifs is 1. The zero-order chi connectivity index (χ0) is 13.8. The summed E-state index contributed by atoms with van der Waals surface area (Å²) in [7, 11) is 2.25. The van der Waals surface area contributed by atoms with E-state index < -0.39 is 0 Å². The minimum Gasteiger partial charge on any atom is -0.310 e. The summed E-state index contributed by atoms with van der Waals surface area (Å²) in [6, 6.07) is 12.3. The molecule has 1 heterocycles. The van der Waals surface area contributed by atoms with Crippen LogP contribution in [0.25, 0.3) is 0 Å². The highest BCUT2D eigenvalue weighted by Gasteiger charge is 2.31. The first-order valence-electron chi connectivity index (χ1n) is 8.30. The molecule has 2 heteroatoms. The van der Waals surface area contributed by atoms with Crippen LogP contribution in [0.1, 0.15) is 44.1 Å². The maximum atomic E-state index is 3.93. The van der Waals surface area contributed by atoms with Crippen LogP contribution >= 0.6 is 0 Å². The first kappa shape index (κ1) is 14.1. The van der Waals surface area contributed by atoms with E-state index in [-0.39, 0.29) is 0 Å². The summed E-state index contributed by atoms with van der Waals surface area (Å²) in [4.78, 5) is 2.47. The quantitative estimate of drug-likeness (QED) is 0.903. The lowest BCUT2D eigenvalue weighted by atomic mass is 9.78. The van der Waals surface area contributed by atoms with Crippen molar-refractivity contribution in [3.8, 4) is 0 Å². The van der Waals surface area contributed by atoms with Gasteiger partial charge in [-0.15, -0.1) is 0 Å². The van der Waals surface area contributed by atoms with E-state index in [2.05, 4.69) is 47.6 Å². The fourth-order valence-corrected chi connectivity index (χ4v) is 4.05. The lowest BCUT2D eigenvalue weighted by Crippen LogP contribution is -2.52. The van der Waals surface area contributed by atoms with Crippen LogP contribution in [0, 0.1) is 5.92 Å². The molecule has 1 saturated carbocycles. The smallest absolute Gasteiger partial charge is 0.0231 e. The lowest BCUT2D eigenvalue weighted by Gasteiger charge is -2.41. The van der Waals surface area contributed by atoms with Gasteiger partial charge in [0.25, 0.3) is 0 Å². The molecule has 1 aromatic carbocycles. The molecule has 0 radical (unpaired) electrons. The Bertz CT molecular complexity index is 403. The molecule has 3 unspecified atom stereocenters. The third-order valence-corrected chi connectivity index (χ3v) is 5.07. The maximum absolute atomic E-state index is 3.93. The molecule has 0 spiro atoms. The van der Waals surface area contributed by atoms with Crippen molar-refractivity contribution in [2.75, 3.05) is 13.6 Å². The van der Waals surface area contributed by atoms with E-state index in [1.165, 1.54) is 50.6 Å². The summed E-state index contributed by atoms with van der Waals surface area (Å²) in [5.41, 5.74) is 1.42. The summed E-state index contributed by atoms with van der Waals surface area (Å²) in [5, 5.41) is 3.93. The summed E-state index contributed by atoms with van der Waals surface area (Å²) < 4.78 is 0. The predicted molar refractivity (Wildman–Crippen MR) is 84.7 cm³/mol. The average Bonchev–Trinajstić information content (AvgIpc) is 2.48. The van der Waals surface area contributed by atoms with Crippen molar-refractivity contribution in [1.82, 2.24) is 10.2 Å². The monoisotopic (exact) mass is 272 g/mol. The Balaban J connectivity index is 1.48. The summed E-state index contributed by atoms with van der Waals surface area (Å²) in [6.07, 6.45) is 8.57. The molecule has 0 aromatic heterocycles. The van der Waals surface area contributed by atoms with Crippen LogP contribution in [0.2, 0.25) is 0 Å². The fraction of sp³-hybridized carbons (Fsp3) is 0.667. The van der Waals surface area contributed by atoms with Crippen molar-refractivity contribution >= 4 is 0 Å². The van der Waals surface area contributed by atoms with Crippen LogP contribution in [-0.2, 0) is 6.54 Å². The van der Waals surface area contributed by atoms with E-state index in [1.807, 2.05) is 0 Å². The van der Waals surface area contributed by atoms with Crippen molar-refractivity contribution in [1.29, 1.82) is 0 Å². The molecule has 2 nitrogen and oxygen atoms in total. The lowest BCUT2D eigenvalue weighted by molar-refractivity contribution is 0.151. The van der Waals surface area contributed by atoms with Gasteiger partial charge in [0.05, 0.1) is 0 Å². The molecular weight excluding hydrogens is 244 g/mol. The topological polar surface area (TPSA) is 15.3 Å². The first-order valence-corrected chi connectivity index (χ1v) is 8.30. The number of nitrogens with zero attached hydrogens (tertiary/aromatic N) is 1. The van der Waals surface area contributed by atoms with Gasteiger partial charge in [-0.2, -0.15) is 0 Å². The first-order chi connectivity index (χ1) is 9.81. The highest BCUT2D eigenvalue weighted by molar-refractivity contribution is 5.14. The van der Waals surface area contributed by atoms with Gasteiger partial charge >= 0.3 is 0 Å². The third-order valence-electron chi connectivity index (χ3n) is 5.07. The number of rotatable bonds is 4. The second-order valence-corrected chi connectivity index (χ2v) is 6.77. The third kappa shape index (κ3) is 3.62. The van der Waals surface area contributed by atoms with Gasteiger partial charge in [-0.1, -0.05) is 43.2 Å². The van der Waals surface area contributed by atoms with Crippen molar-refractivity contribution in [2.24, 2.45) is 5.92 Å². The molecular formula is C18H28N2. The van der Waals surface area contributed by atoms with E-state index in [4.69, 9.17) is 0 Å². The standard InChI is InChI=1S/C18H28N2/c1-20(13-15-7-3-2-4-8-15)14-17-12-11-16-9-5-6-10-18(16)19-17/h2-4,7-8,16-19H,5-6,9-14H2,1H3. The Morgan fingerprint density at radius 3 is 2.70 bits per heavy atom. The van der Waals surface area contributed by atoms with Gasteiger partial charge in [0, 0.05) is 25.2 Å². The van der Waals surface area contributed by atoms with Gasteiger partial charge in [0.2, 0.25) is 0 Å². The molecule has 1 saturated heterocycles. The summed E-state index contributed by atoms with van der Waals surface area (Å²) in [5.74, 6) is 0.972. The molecule has 2 aliphatic rings. The van der Waals surface area contributed by atoms with Gasteiger partial charge in [0.15, 0.2) is 0 Å². The molecule has 3 atom stereocenters. The van der Waals surface area contributed by atoms with E-state index in [0.717, 1.165) is 18.5 Å². The second-order valence-electron chi connectivity index (χ2n) is 6.77. The Morgan fingerprint density at radius 2 is 1.85 bits per heavy atom. The van der Waals surface area contributed by atoms with Gasteiger partial charge in [0.1, 0.15) is 0 Å². The fourth-order valence-electron chi connectivity index (χ4n) is 4.05. The van der Waals surface area contributed by atoms with Crippen LogP contribution < -0.4 is 5.32 Å². The van der Waals surface area contributed by atoms with E-state index in [9.17, 15) is 0 Å². The minimum atomic E-state index is 0.697. The van der Waals surface area contributed by atoms with Gasteiger partial charge in [-0.3, -0.25) is 0 Å². The molecule has 2 fully saturated rings. The summed E-state index contributed by atoms with van der Waals surface area (Å²) in [6.45, 7) is 2.24. The van der Waals surface area contributed by atoms with Gasteiger partial charge < -0.3 is 10.2 Å². The van der Waals surface area contributed by atoms with E-state index in [0.29, 0.717) is 6.04 Å². The number of benzene rings is 1. The summed E-state index contributed by atoms with van der Waals surface area (Å²) >= 11 is 0. The van der Waals surface area contributed by atoms with Crippen molar-refractivity contribution < 1.29 is 0 Å². The second kappa shape index (κ2) is 6.73. The Hall–Kier alpha value is -0.860. The maximum Gasteiger partial charge on any atom is 0.0231 e. The number of hydrogen-bond acceptors (Lipinski definition) is 2. The molecule has 3 rings (SSSR count). The zero-order valence-electron chi connectivity index (χ0n) is 12.7. The van der Waals surface area contributed by atoms with Crippen LogP contribution in [0.5, 0.6) is 0 Å². The van der Waals surface area contributed by atoms with Crippen LogP contribution in [0.3, 0.4) is 0 Å². The van der Waals surface area contributed by atoms with Gasteiger partial charge in [-0.25, -0.2) is 0 Å². The molecule has 1 N–H and O–H groups in total. The molecule has 110 valence electrons. The predicted octanol–water partition coefficient (Wildman–Crippen LogP) is 3.43. The number of likely N-dealkylation sites (N-methyl/N-ethyl adjacent to an activating group) is 1. The molecule has 20 heavy (non-hydrogen) atoms. The molecule has 1 aliphatic carbocycles. The van der Waals surface area contributed by atoms with Crippen LogP contribution in [-0.4, -0.2) is 30.6 Å². The minimum absolute atomic E-state index is 0.697.